The van der Waals surface area contributed by atoms with Crippen molar-refractivity contribution in [2.75, 3.05) is 6.61 Å². The van der Waals surface area contributed by atoms with E-state index in [4.69, 9.17) is 9.47 Å². The van der Waals surface area contributed by atoms with E-state index in [0.29, 0.717) is 49.3 Å². The van der Waals surface area contributed by atoms with Crippen molar-refractivity contribution in [2.24, 2.45) is 0 Å². The number of carbonyl (C=O) groups is 1. The number of hydrogen-bond acceptors (Lipinski definition) is 6. The van der Waals surface area contributed by atoms with E-state index < -0.39 is 17.0 Å². The number of hydrogen-bond donors (Lipinski definition) is 2. The maximum absolute atomic E-state index is 15.6. The number of rotatable bonds is 5. The highest BCUT2D eigenvalue weighted by atomic mass is 19.1. The SMILES string of the molecule is CCOC(=O)CCc1cccc(C2(C)CCCCc3cn(nn3)CCc3c(c(F)cc4[nH]ccc34)Oc3ccc(F)c(c3)-c3ncc2[nH]3)c1. The first kappa shape index (κ1) is 32.2. The summed E-state index contributed by atoms with van der Waals surface area (Å²) in [5.74, 6) is -0.524. The van der Waals surface area contributed by atoms with Gasteiger partial charge in [-0.25, -0.2) is 13.8 Å². The summed E-state index contributed by atoms with van der Waals surface area (Å²) in [6, 6.07) is 15.9. The van der Waals surface area contributed by atoms with Crippen LogP contribution in [-0.2, 0) is 40.8 Å². The Morgan fingerprint density at radius 3 is 2.86 bits per heavy atom. The minimum absolute atomic E-state index is 0.0819. The van der Waals surface area contributed by atoms with Crippen molar-refractivity contribution in [2.45, 2.75) is 70.8 Å². The summed E-state index contributed by atoms with van der Waals surface area (Å²) >= 11 is 0. The summed E-state index contributed by atoms with van der Waals surface area (Å²) in [6.07, 6.45) is 10.0. The van der Waals surface area contributed by atoms with Crippen molar-refractivity contribution < 1.29 is 23.0 Å². The fraction of sp³-hybridized carbons (Fsp3) is 0.316. The zero-order valence-corrected chi connectivity index (χ0v) is 27.6. The van der Waals surface area contributed by atoms with Gasteiger partial charge in [-0.1, -0.05) is 35.9 Å². The first-order valence-corrected chi connectivity index (χ1v) is 16.8. The topological polar surface area (TPSA) is 111 Å². The molecule has 4 heterocycles. The first-order chi connectivity index (χ1) is 23.8. The normalized spacial score (nSPS) is 16.7. The molecule has 0 amide bonds. The molecule has 0 saturated heterocycles. The van der Waals surface area contributed by atoms with Crippen LogP contribution in [0.3, 0.4) is 0 Å². The van der Waals surface area contributed by atoms with E-state index in [1.807, 2.05) is 24.4 Å². The van der Waals surface area contributed by atoms with Crippen molar-refractivity contribution in [3.8, 4) is 22.9 Å². The third-order valence-corrected chi connectivity index (χ3v) is 9.47. The van der Waals surface area contributed by atoms with Crippen molar-refractivity contribution in [1.82, 2.24) is 29.9 Å². The van der Waals surface area contributed by atoms with Gasteiger partial charge in [-0.15, -0.1) is 5.10 Å². The van der Waals surface area contributed by atoms with E-state index in [1.54, 1.807) is 30.1 Å². The molecule has 1 aliphatic heterocycles. The molecule has 1 unspecified atom stereocenters. The average molecular weight is 665 g/mol. The van der Waals surface area contributed by atoms with Gasteiger partial charge in [-0.2, -0.15) is 0 Å². The van der Waals surface area contributed by atoms with Gasteiger partial charge in [0, 0.05) is 65.2 Å². The Morgan fingerprint density at radius 2 is 1.98 bits per heavy atom. The molecule has 7 rings (SSSR count). The molecule has 3 aromatic heterocycles. The van der Waals surface area contributed by atoms with Crippen LogP contribution in [-0.4, -0.2) is 42.5 Å². The zero-order chi connectivity index (χ0) is 34.0. The molecule has 0 fully saturated rings. The highest BCUT2D eigenvalue weighted by Gasteiger charge is 2.31. The van der Waals surface area contributed by atoms with Crippen LogP contribution >= 0.6 is 0 Å². The molecule has 1 aliphatic rings. The lowest BCUT2D eigenvalue weighted by molar-refractivity contribution is -0.143. The highest BCUT2D eigenvalue weighted by Crippen LogP contribution is 2.40. The number of fused-ring (bicyclic) bond motifs is 10. The Kier molecular flexibility index (Phi) is 8.99. The fourth-order valence-electron chi connectivity index (χ4n) is 6.75. The van der Waals surface area contributed by atoms with Crippen LogP contribution < -0.4 is 4.74 Å². The number of aromatic nitrogens is 6. The van der Waals surface area contributed by atoms with Gasteiger partial charge >= 0.3 is 5.97 Å². The highest BCUT2D eigenvalue weighted by molar-refractivity contribution is 5.85. The monoisotopic (exact) mass is 664 g/mol. The number of carbonyl (C=O) groups excluding carboxylic acids is 1. The van der Waals surface area contributed by atoms with Crippen LogP contribution in [0.1, 0.15) is 67.6 Å². The van der Waals surface area contributed by atoms with Crippen LogP contribution in [0.4, 0.5) is 8.78 Å². The Balaban J connectivity index is 1.28. The van der Waals surface area contributed by atoms with Crippen LogP contribution in [0.5, 0.6) is 11.5 Å². The van der Waals surface area contributed by atoms with Gasteiger partial charge in [-0.05, 0) is 81.3 Å². The predicted octanol–water partition coefficient (Wildman–Crippen LogP) is 7.99. The van der Waals surface area contributed by atoms with E-state index >= 15 is 8.78 Å². The van der Waals surface area contributed by atoms with E-state index in [9.17, 15) is 4.79 Å². The van der Waals surface area contributed by atoms with Gasteiger partial charge in [0.05, 0.1) is 17.9 Å². The number of nitrogens with zero attached hydrogens (tertiary/aromatic N) is 4. The van der Waals surface area contributed by atoms with E-state index in [-0.39, 0.29) is 23.0 Å². The molecule has 0 radical (unpaired) electrons. The molecule has 3 aromatic carbocycles. The molecule has 49 heavy (non-hydrogen) atoms. The maximum atomic E-state index is 15.6. The van der Waals surface area contributed by atoms with Crippen molar-refractivity contribution in [1.29, 1.82) is 0 Å². The number of benzene rings is 3. The van der Waals surface area contributed by atoms with E-state index in [2.05, 4.69) is 44.3 Å². The quantitative estimate of drug-likeness (QED) is 0.181. The summed E-state index contributed by atoms with van der Waals surface area (Å²) in [4.78, 5) is 23.2. The van der Waals surface area contributed by atoms with Gasteiger partial charge in [0.1, 0.15) is 17.4 Å². The van der Waals surface area contributed by atoms with Crippen molar-refractivity contribution >= 4 is 16.9 Å². The summed E-state index contributed by atoms with van der Waals surface area (Å²) < 4.78 is 44.2. The molecule has 9 nitrogen and oxygen atoms in total. The van der Waals surface area contributed by atoms with E-state index in [0.717, 1.165) is 53.6 Å². The lowest BCUT2D eigenvalue weighted by Crippen LogP contribution is -2.24. The molecule has 0 spiro atoms. The number of aryl methyl sites for hydroxylation is 4. The van der Waals surface area contributed by atoms with Crippen LogP contribution in [0.2, 0.25) is 0 Å². The summed E-state index contributed by atoms with van der Waals surface area (Å²) in [6.45, 7) is 4.79. The average Bonchev–Trinajstić information content (AvgIpc) is 3.88. The number of ether oxygens (including phenoxy) is 2. The fourth-order valence-corrected chi connectivity index (χ4v) is 6.75. The molecular weight excluding hydrogens is 626 g/mol. The summed E-state index contributed by atoms with van der Waals surface area (Å²) in [5.41, 5.74) is 4.84. The molecule has 2 N–H and O–H groups in total. The minimum atomic E-state index is -0.526. The second kappa shape index (κ2) is 13.7. The van der Waals surface area contributed by atoms with E-state index in [1.165, 1.54) is 18.2 Å². The first-order valence-electron chi connectivity index (χ1n) is 16.8. The Hall–Kier alpha value is -5.32. The number of halogens is 2. The van der Waals surface area contributed by atoms with Crippen LogP contribution in [0, 0.1) is 11.6 Å². The van der Waals surface area contributed by atoms with Gasteiger partial charge in [-0.3, -0.25) is 9.48 Å². The largest absolute Gasteiger partial charge is 0.466 e. The number of H-pyrrole nitrogens is 2. The second-order valence-corrected chi connectivity index (χ2v) is 12.8. The molecular formula is C38H38F2N6O3. The second-order valence-electron chi connectivity index (χ2n) is 12.8. The summed E-state index contributed by atoms with van der Waals surface area (Å²) in [7, 11) is 0. The minimum Gasteiger partial charge on any atom is -0.466 e. The lowest BCUT2D eigenvalue weighted by atomic mass is 9.75. The molecule has 6 aromatic rings. The van der Waals surface area contributed by atoms with Gasteiger partial charge in [0.15, 0.2) is 11.6 Å². The number of nitrogens with one attached hydrogen (secondary N) is 2. The van der Waals surface area contributed by atoms with Crippen LogP contribution in [0.25, 0.3) is 22.3 Å². The molecule has 11 heteroatoms. The summed E-state index contributed by atoms with van der Waals surface area (Å²) in [5, 5.41) is 9.61. The molecule has 0 aliphatic carbocycles. The molecule has 252 valence electrons. The third kappa shape index (κ3) is 6.70. The predicted molar refractivity (Wildman–Crippen MR) is 181 cm³/mol. The molecule has 1 atom stereocenters. The molecule has 6 bridgehead atoms. The standard InChI is InChI=1S/C38H38F2N6O3/c1-3-48-35(47)13-10-24-7-6-8-25(19-24)38(2)16-5-4-9-26-23-46(45-44-26)18-15-29-28-14-17-41-33(28)21-32(40)36(29)49-27-11-12-31(39)30(20-27)37-42-22-34(38)43-37/h6-8,11-12,14,17,19-23,41H,3-5,9-10,13,15-16,18H2,1-2H3,(H,42,43). The zero-order valence-electron chi connectivity index (χ0n) is 27.6. The molecule has 0 saturated carbocycles. The van der Waals surface area contributed by atoms with Gasteiger partial charge in [0.25, 0.3) is 0 Å². The third-order valence-electron chi connectivity index (χ3n) is 9.47. The maximum Gasteiger partial charge on any atom is 0.306 e. The Labute approximate surface area is 282 Å². The van der Waals surface area contributed by atoms with Gasteiger partial charge < -0.3 is 19.4 Å². The Morgan fingerprint density at radius 1 is 1.08 bits per heavy atom. The van der Waals surface area contributed by atoms with Crippen molar-refractivity contribution in [3.63, 3.8) is 0 Å². The van der Waals surface area contributed by atoms with Crippen LogP contribution in [0.15, 0.2) is 73.2 Å². The number of esters is 1. The van der Waals surface area contributed by atoms with Crippen molar-refractivity contribution in [3.05, 3.63) is 113 Å². The number of imidazole rings is 1. The van der Waals surface area contributed by atoms with Gasteiger partial charge in [0.2, 0.25) is 0 Å². The smallest absolute Gasteiger partial charge is 0.306 e. The number of aromatic amines is 2. The Bertz CT molecular complexity index is 2120. The lowest BCUT2D eigenvalue weighted by Gasteiger charge is -2.30.